The number of hydrogen-bond acceptors (Lipinski definition) is 2. The first-order valence-electron chi connectivity index (χ1n) is 5.78. The minimum atomic E-state index is -4.41. The van der Waals surface area contributed by atoms with Gasteiger partial charge in [-0.2, -0.15) is 13.2 Å². The molecule has 1 fully saturated rings. The Kier molecular flexibility index (Phi) is 3.71. The van der Waals surface area contributed by atoms with E-state index in [0.29, 0.717) is 18.5 Å². The summed E-state index contributed by atoms with van der Waals surface area (Å²) in [6.45, 7) is 0.440. The quantitative estimate of drug-likeness (QED) is 0.857. The minimum absolute atomic E-state index is 0.0171. The molecule has 3 nitrogen and oxygen atoms in total. The van der Waals surface area contributed by atoms with Crippen LogP contribution in [0, 0.1) is 6.92 Å². The van der Waals surface area contributed by atoms with E-state index in [1.807, 2.05) is 0 Å². The Bertz CT molecular complexity index is 500. The minimum Gasteiger partial charge on any atom is -0.326 e. The topological polar surface area (TPSA) is 33.2 Å². The van der Waals surface area contributed by atoms with Crippen LogP contribution in [-0.2, 0) is 0 Å². The van der Waals surface area contributed by atoms with Crippen LogP contribution in [-0.4, -0.2) is 34.6 Å². The molecule has 1 amide bonds. The van der Waals surface area contributed by atoms with Gasteiger partial charge in [0, 0.05) is 17.9 Å². The molecule has 1 aromatic heterocycles. The first kappa shape index (κ1) is 14.1. The van der Waals surface area contributed by atoms with E-state index in [9.17, 15) is 18.0 Å². The maximum atomic E-state index is 12.5. The highest BCUT2D eigenvalue weighted by Crippen LogP contribution is 2.32. The molecule has 7 heteroatoms. The van der Waals surface area contributed by atoms with E-state index in [0.717, 1.165) is 4.90 Å². The highest BCUT2D eigenvalue weighted by molar-refractivity contribution is 6.33. The summed E-state index contributed by atoms with van der Waals surface area (Å²) >= 11 is 5.90. The number of hydrogen-bond donors (Lipinski definition) is 0. The summed E-state index contributed by atoms with van der Waals surface area (Å²) in [5, 5.41) is 0.130. The van der Waals surface area contributed by atoms with Gasteiger partial charge in [0.25, 0.3) is 5.91 Å². The second-order valence-electron chi connectivity index (χ2n) is 4.58. The van der Waals surface area contributed by atoms with Crippen molar-refractivity contribution < 1.29 is 18.0 Å². The van der Waals surface area contributed by atoms with E-state index in [1.165, 1.54) is 12.3 Å². The van der Waals surface area contributed by atoms with Gasteiger partial charge >= 0.3 is 6.18 Å². The highest BCUT2D eigenvalue weighted by Gasteiger charge is 2.41. The molecule has 0 aliphatic heterocycles. The van der Waals surface area contributed by atoms with Crippen LogP contribution in [0.15, 0.2) is 12.3 Å². The molecular weight excluding hydrogens is 281 g/mol. The Morgan fingerprint density at radius 2 is 2.16 bits per heavy atom. The van der Waals surface area contributed by atoms with Crippen LogP contribution in [0.25, 0.3) is 0 Å². The van der Waals surface area contributed by atoms with Crippen LogP contribution in [0.4, 0.5) is 13.2 Å². The molecule has 0 saturated heterocycles. The second kappa shape index (κ2) is 5.00. The Morgan fingerprint density at radius 1 is 1.53 bits per heavy atom. The third kappa shape index (κ3) is 3.59. The van der Waals surface area contributed by atoms with Crippen LogP contribution >= 0.6 is 11.6 Å². The Hall–Kier alpha value is -1.30. The molecule has 1 aliphatic rings. The van der Waals surface area contributed by atoms with Gasteiger partial charge in [-0.3, -0.25) is 9.78 Å². The van der Waals surface area contributed by atoms with E-state index in [1.54, 1.807) is 6.92 Å². The average molecular weight is 293 g/mol. The van der Waals surface area contributed by atoms with Crippen molar-refractivity contribution in [3.8, 4) is 0 Å². The molecule has 0 spiro atoms. The molecule has 1 aliphatic carbocycles. The van der Waals surface area contributed by atoms with Gasteiger partial charge in [0.15, 0.2) is 0 Å². The lowest BCUT2D eigenvalue weighted by molar-refractivity contribution is -0.141. The summed E-state index contributed by atoms with van der Waals surface area (Å²) in [6.07, 6.45) is -1.99. The lowest BCUT2D eigenvalue weighted by Crippen LogP contribution is -2.40. The molecule has 104 valence electrons. The van der Waals surface area contributed by atoms with E-state index in [4.69, 9.17) is 11.6 Å². The molecule has 0 radical (unpaired) electrons. The molecule has 0 aromatic carbocycles. The van der Waals surface area contributed by atoms with E-state index in [2.05, 4.69) is 4.98 Å². The second-order valence-corrected chi connectivity index (χ2v) is 4.99. The number of halogens is 4. The third-order valence-corrected chi connectivity index (χ3v) is 3.13. The maximum Gasteiger partial charge on any atom is 0.406 e. The number of rotatable bonds is 3. The summed E-state index contributed by atoms with van der Waals surface area (Å²) in [6, 6.07) is 1.12. The average Bonchev–Trinajstić information content (AvgIpc) is 3.07. The molecule has 0 atom stereocenters. The fraction of sp³-hybridized carbons (Fsp3) is 0.500. The molecular formula is C12H12ClF3N2O. The summed E-state index contributed by atoms with van der Waals surface area (Å²) < 4.78 is 37.5. The largest absolute Gasteiger partial charge is 0.406 e. The zero-order chi connectivity index (χ0) is 14.2. The smallest absolute Gasteiger partial charge is 0.326 e. The van der Waals surface area contributed by atoms with Gasteiger partial charge in [-0.25, -0.2) is 0 Å². The SMILES string of the molecule is Cc1cc(Cl)c(C(=O)N(CC(F)(F)F)C2CC2)cn1. The first-order valence-corrected chi connectivity index (χ1v) is 6.15. The van der Waals surface area contributed by atoms with Crippen molar-refractivity contribution >= 4 is 17.5 Å². The monoisotopic (exact) mass is 292 g/mol. The van der Waals surface area contributed by atoms with Gasteiger partial charge < -0.3 is 4.90 Å². The van der Waals surface area contributed by atoms with Crippen LogP contribution in [0.2, 0.25) is 5.02 Å². The lowest BCUT2D eigenvalue weighted by atomic mass is 10.2. The number of alkyl halides is 3. The molecule has 2 rings (SSSR count). The van der Waals surface area contributed by atoms with E-state index in [-0.39, 0.29) is 16.6 Å². The lowest BCUT2D eigenvalue weighted by Gasteiger charge is -2.24. The van der Waals surface area contributed by atoms with Crippen LogP contribution in [0.5, 0.6) is 0 Å². The summed E-state index contributed by atoms with van der Waals surface area (Å²) in [5.41, 5.74) is 0.624. The number of nitrogens with zero attached hydrogens (tertiary/aromatic N) is 2. The zero-order valence-corrected chi connectivity index (χ0v) is 10.9. The molecule has 1 heterocycles. The molecule has 19 heavy (non-hydrogen) atoms. The van der Waals surface area contributed by atoms with Crippen LogP contribution in [0.1, 0.15) is 28.9 Å². The van der Waals surface area contributed by atoms with Crippen molar-refractivity contribution in [1.29, 1.82) is 0 Å². The first-order chi connectivity index (χ1) is 8.78. The van der Waals surface area contributed by atoms with Crippen molar-refractivity contribution in [2.24, 2.45) is 0 Å². The predicted octanol–water partition coefficient (Wildman–Crippen LogP) is 3.21. The van der Waals surface area contributed by atoms with Gasteiger partial charge in [-0.05, 0) is 25.8 Å². The van der Waals surface area contributed by atoms with E-state index < -0.39 is 18.6 Å². The molecule has 0 unspecified atom stereocenters. The standard InChI is InChI=1S/C12H12ClF3N2O/c1-7-4-10(13)9(5-17-7)11(19)18(8-2-3-8)6-12(14,15)16/h4-5,8H,2-3,6H2,1H3. The maximum absolute atomic E-state index is 12.5. The zero-order valence-electron chi connectivity index (χ0n) is 10.2. The molecule has 1 aromatic rings. The van der Waals surface area contributed by atoms with Gasteiger partial charge in [-0.1, -0.05) is 11.6 Å². The number of aryl methyl sites for hydroxylation is 1. The summed E-state index contributed by atoms with van der Waals surface area (Å²) in [4.78, 5) is 16.9. The van der Waals surface area contributed by atoms with Crippen molar-refractivity contribution in [3.05, 3.63) is 28.5 Å². The highest BCUT2D eigenvalue weighted by atomic mass is 35.5. The Morgan fingerprint density at radius 3 is 2.63 bits per heavy atom. The van der Waals surface area contributed by atoms with Gasteiger partial charge in [-0.15, -0.1) is 0 Å². The van der Waals surface area contributed by atoms with Crippen molar-refractivity contribution in [3.63, 3.8) is 0 Å². The van der Waals surface area contributed by atoms with Crippen LogP contribution in [0.3, 0.4) is 0 Å². The third-order valence-electron chi connectivity index (χ3n) is 2.82. The fourth-order valence-corrected chi connectivity index (χ4v) is 2.07. The predicted molar refractivity (Wildman–Crippen MR) is 64.1 cm³/mol. The number of amides is 1. The fourth-order valence-electron chi connectivity index (χ4n) is 1.78. The number of carbonyl (C=O) groups is 1. The summed E-state index contributed by atoms with van der Waals surface area (Å²) in [7, 11) is 0. The van der Waals surface area contributed by atoms with Crippen molar-refractivity contribution in [2.45, 2.75) is 32.0 Å². The number of aromatic nitrogens is 1. The number of carbonyl (C=O) groups excluding carboxylic acids is 1. The molecule has 1 saturated carbocycles. The van der Waals surface area contributed by atoms with Crippen molar-refractivity contribution in [1.82, 2.24) is 9.88 Å². The normalized spacial score (nSPS) is 15.4. The van der Waals surface area contributed by atoms with Gasteiger partial charge in [0.1, 0.15) is 6.54 Å². The molecule has 0 N–H and O–H groups in total. The summed E-state index contributed by atoms with van der Waals surface area (Å²) in [5.74, 6) is -0.711. The van der Waals surface area contributed by atoms with E-state index >= 15 is 0 Å². The Labute approximate surface area is 113 Å². The van der Waals surface area contributed by atoms with Gasteiger partial charge in [0.05, 0.1) is 10.6 Å². The Balaban J connectivity index is 2.24. The number of pyridine rings is 1. The van der Waals surface area contributed by atoms with Crippen LogP contribution < -0.4 is 0 Å². The van der Waals surface area contributed by atoms with Gasteiger partial charge in [0.2, 0.25) is 0 Å². The van der Waals surface area contributed by atoms with Crippen molar-refractivity contribution in [2.75, 3.05) is 6.54 Å². The molecule has 0 bridgehead atoms.